The van der Waals surface area contributed by atoms with Gasteiger partial charge in [0.25, 0.3) is 5.91 Å². The van der Waals surface area contributed by atoms with Crippen LogP contribution in [0.1, 0.15) is 21.6 Å². The minimum absolute atomic E-state index is 0.107. The van der Waals surface area contributed by atoms with Crippen molar-refractivity contribution in [3.05, 3.63) is 95.6 Å². The molecule has 0 radical (unpaired) electrons. The van der Waals surface area contributed by atoms with E-state index in [9.17, 15) is 13.6 Å². The summed E-state index contributed by atoms with van der Waals surface area (Å²) in [5.41, 5.74) is 3.00. The van der Waals surface area contributed by atoms with Crippen LogP contribution in [0, 0.1) is 18.6 Å². The Bertz CT molecular complexity index is 1220. The Balaban J connectivity index is 1.35. The van der Waals surface area contributed by atoms with Crippen LogP contribution < -0.4 is 10.1 Å². The van der Waals surface area contributed by atoms with Gasteiger partial charge in [-0.3, -0.25) is 9.48 Å². The van der Waals surface area contributed by atoms with Gasteiger partial charge in [0.2, 0.25) is 0 Å². The number of hydrogen-bond donors (Lipinski definition) is 1. The first-order valence-corrected chi connectivity index (χ1v) is 9.47. The van der Waals surface area contributed by atoms with E-state index in [1.165, 1.54) is 23.0 Å². The van der Waals surface area contributed by atoms with Gasteiger partial charge < -0.3 is 10.1 Å². The number of amides is 1. The Morgan fingerprint density at radius 1 is 1.13 bits per heavy atom. The summed E-state index contributed by atoms with van der Waals surface area (Å²) in [4.78, 5) is 12.4. The lowest BCUT2D eigenvalue weighted by Gasteiger charge is -2.07. The molecule has 0 spiro atoms. The summed E-state index contributed by atoms with van der Waals surface area (Å²) in [5, 5.41) is 11.1. The summed E-state index contributed by atoms with van der Waals surface area (Å²) < 4.78 is 34.9. The second-order valence-electron chi connectivity index (χ2n) is 6.90. The van der Waals surface area contributed by atoms with Crippen molar-refractivity contribution in [2.45, 2.75) is 20.2 Å². The summed E-state index contributed by atoms with van der Waals surface area (Å²) in [5.74, 6) is -2.02. The molecule has 0 fully saturated rings. The highest BCUT2D eigenvalue weighted by Gasteiger charge is 2.12. The van der Waals surface area contributed by atoms with Gasteiger partial charge >= 0.3 is 0 Å². The average Bonchev–Trinajstić information content (AvgIpc) is 3.39. The van der Waals surface area contributed by atoms with Gasteiger partial charge in [-0.1, -0.05) is 24.3 Å². The fourth-order valence-electron chi connectivity index (χ4n) is 2.95. The molecule has 2 heterocycles. The normalized spacial score (nSPS) is 10.8. The summed E-state index contributed by atoms with van der Waals surface area (Å²) in [7, 11) is 0. The molecule has 7 nitrogen and oxygen atoms in total. The number of carbonyl (C=O) groups is 1. The molecule has 0 saturated heterocycles. The first-order valence-electron chi connectivity index (χ1n) is 9.47. The number of hydrogen-bond acceptors (Lipinski definition) is 4. The molecular weight excluding hydrogens is 404 g/mol. The Morgan fingerprint density at radius 3 is 2.77 bits per heavy atom. The molecule has 0 atom stereocenters. The van der Waals surface area contributed by atoms with Gasteiger partial charge in [-0.2, -0.15) is 10.2 Å². The van der Waals surface area contributed by atoms with E-state index in [1.807, 2.05) is 31.2 Å². The molecule has 0 aliphatic heterocycles. The average molecular weight is 423 g/mol. The molecule has 4 aromatic rings. The molecule has 0 unspecified atom stereocenters. The first kappa shape index (κ1) is 20.3. The number of rotatable bonds is 7. The molecule has 9 heteroatoms. The lowest BCUT2D eigenvalue weighted by atomic mass is 10.1. The van der Waals surface area contributed by atoms with E-state index in [0.29, 0.717) is 12.2 Å². The number of aromatic nitrogens is 4. The van der Waals surface area contributed by atoms with Crippen molar-refractivity contribution in [1.29, 1.82) is 0 Å². The number of benzene rings is 2. The maximum Gasteiger partial charge on any atom is 0.276 e. The summed E-state index contributed by atoms with van der Waals surface area (Å²) in [6, 6.07) is 12.5. The smallest absolute Gasteiger partial charge is 0.276 e. The largest absolute Gasteiger partial charge is 0.468 e. The summed E-state index contributed by atoms with van der Waals surface area (Å²) in [6.45, 7) is 2.49. The first-order chi connectivity index (χ1) is 15.0. The number of carbonyl (C=O) groups excluding carboxylic acids is 1. The highest BCUT2D eigenvalue weighted by atomic mass is 19.1. The van der Waals surface area contributed by atoms with Gasteiger partial charge in [0.15, 0.2) is 24.0 Å². The van der Waals surface area contributed by atoms with E-state index < -0.39 is 17.5 Å². The monoisotopic (exact) mass is 423 g/mol. The third-order valence-corrected chi connectivity index (χ3v) is 4.60. The predicted molar refractivity (Wildman–Crippen MR) is 110 cm³/mol. The molecule has 0 aliphatic carbocycles. The maximum atomic E-state index is 13.6. The molecule has 1 amide bonds. The van der Waals surface area contributed by atoms with Crippen molar-refractivity contribution < 1.29 is 18.3 Å². The number of nitrogens with zero attached hydrogens (tertiary/aromatic N) is 4. The van der Waals surface area contributed by atoms with Crippen molar-refractivity contribution in [3.63, 3.8) is 0 Å². The molecule has 0 aliphatic rings. The van der Waals surface area contributed by atoms with Crippen molar-refractivity contribution in [2.24, 2.45) is 0 Å². The third kappa shape index (κ3) is 4.95. The van der Waals surface area contributed by atoms with Crippen LogP contribution in [0.25, 0.3) is 0 Å². The fraction of sp³-hybridized carbons (Fsp3) is 0.136. The van der Waals surface area contributed by atoms with Crippen LogP contribution in [0.5, 0.6) is 5.75 Å². The SMILES string of the molecule is Cc1ccccc1Cn1cc(NC(=O)c2ccn(COc3ccc(F)cc3F)n2)cn1. The lowest BCUT2D eigenvalue weighted by Crippen LogP contribution is -2.14. The zero-order valence-electron chi connectivity index (χ0n) is 16.6. The third-order valence-electron chi connectivity index (χ3n) is 4.60. The van der Waals surface area contributed by atoms with Gasteiger partial charge in [0, 0.05) is 18.5 Å². The zero-order valence-corrected chi connectivity index (χ0v) is 16.6. The van der Waals surface area contributed by atoms with Gasteiger partial charge in [-0.05, 0) is 36.2 Å². The Labute approximate surface area is 176 Å². The minimum Gasteiger partial charge on any atom is -0.468 e. The van der Waals surface area contributed by atoms with E-state index in [2.05, 4.69) is 15.5 Å². The highest BCUT2D eigenvalue weighted by Crippen LogP contribution is 2.18. The minimum atomic E-state index is -0.812. The van der Waals surface area contributed by atoms with Crippen molar-refractivity contribution in [1.82, 2.24) is 19.6 Å². The molecule has 2 aromatic carbocycles. The van der Waals surface area contributed by atoms with Crippen LogP contribution in [-0.4, -0.2) is 25.5 Å². The van der Waals surface area contributed by atoms with Crippen LogP contribution in [0.4, 0.5) is 14.5 Å². The number of anilines is 1. The van der Waals surface area contributed by atoms with Gasteiger partial charge in [0.1, 0.15) is 5.82 Å². The fourth-order valence-corrected chi connectivity index (χ4v) is 2.95. The van der Waals surface area contributed by atoms with Crippen LogP contribution in [-0.2, 0) is 13.3 Å². The molecule has 4 rings (SSSR count). The topological polar surface area (TPSA) is 74.0 Å². The van der Waals surface area contributed by atoms with Crippen molar-refractivity contribution in [3.8, 4) is 5.75 Å². The standard InChI is InChI=1S/C22H19F2N5O2/c1-15-4-2-3-5-16(15)12-29-13-18(11-25-29)26-22(30)20-8-9-28(27-20)14-31-21-7-6-17(23)10-19(21)24/h2-11,13H,12,14H2,1H3,(H,26,30). The molecule has 0 bridgehead atoms. The number of halogens is 2. The van der Waals surface area contributed by atoms with E-state index in [4.69, 9.17) is 4.74 Å². The summed E-state index contributed by atoms with van der Waals surface area (Å²) >= 11 is 0. The van der Waals surface area contributed by atoms with Crippen LogP contribution >= 0.6 is 0 Å². The van der Waals surface area contributed by atoms with Crippen LogP contribution in [0.2, 0.25) is 0 Å². The van der Waals surface area contributed by atoms with E-state index in [0.717, 1.165) is 23.3 Å². The van der Waals surface area contributed by atoms with Gasteiger partial charge in [-0.25, -0.2) is 13.5 Å². The molecule has 31 heavy (non-hydrogen) atoms. The number of aryl methyl sites for hydroxylation is 1. The van der Waals surface area contributed by atoms with Gasteiger partial charge in [-0.15, -0.1) is 0 Å². The second kappa shape index (κ2) is 8.78. The molecule has 1 N–H and O–H groups in total. The van der Waals surface area contributed by atoms with Crippen LogP contribution in [0.15, 0.2) is 67.1 Å². The highest BCUT2D eigenvalue weighted by molar-refractivity contribution is 6.02. The van der Waals surface area contributed by atoms with Crippen molar-refractivity contribution >= 4 is 11.6 Å². The van der Waals surface area contributed by atoms with E-state index in [1.54, 1.807) is 17.1 Å². The molecule has 0 saturated carbocycles. The molecular formula is C22H19F2N5O2. The Kier molecular flexibility index (Phi) is 5.74. The van der Waals surface area contributed by atoms with E-state index >= 15 is 0 Å². The second-order valence-corrected chi connectivity index (χ2v) is 6.90. The number of nitrogens with one attached hydrogen (secondary N) is 1. The predicted octanol–water partition coefficient (Wildman–Crippen LogP) is 4.00. The number of ether oxygens (including phenoxy) is 1. The lowest BCUT2D eigenvalue weighted by molar-refractivity contribution is 0.102. The Morgan fingerprint density at radius 2 is 1.97 bits per heavy atom. The maximum absolute atomic E-state index is 13.6. The molecule has 158 valence electrons. The van der Waals surface area contributed by atoms with Gasteiger partial charge in [0.05, 0.1) is 18.4 Å². The summed E-state index contributed by atoms with van der Waals surface area (Å²) in [6.07, 6.45) is 4.83. The molecule has 2 aromatic heterocycles. The van der Waals surface area contributed by atoms with Crippen LogP contribution in [0.3, 0.4) is 0 Å². The Hall–Kier alpha value is -4.01. The zero-order chi connectivity index (χ0) is 21.8. The van der Waals surface area contributed by atoms with Crippen molar-refractivity contribution in [2.75, 3.05) is 5.32 Å². The quantitative estimate of drug-likeness (QED) is 0.488. The van der Waals surface area contributed by atoms with E-state index in [-0.39, 0.29) is 18.2 Å².